The second kappa shape index (κ2) is 6.89. The number of carbonyl (C=O) groups is 1. The van der Waals surface area contributed by atoms with Crippen LogP contribution in [0.25, 0.3) is 0 Å². The van der Waals surface area contributed by atoms with Gasteiger partial charge in [0.1, 0.15) is 0 Å². The van der Waals surface area contributed by atoms with Crippen LogP contribution in [0.15, 0.2) is 30.3 Å². The second-order valence-corrected chi connectivity index (χ2v) is 5.69. The normalized spacial score (nSPS) is 22.3. The molecule has 0 spiro atoms. The number of epoxide rings is 1. The summed E-state index contributed by atoms with van der Waals surface area (Å²) in [6, 6.07) is 10.5. The Bertz CT molecular complexity index is 423. The van der Waals surface area contributed by atoms with Gasteiger partial charge >= 0.3 is 5.97 Å². The van der Waals surface area contributed by atoms with Crippen molar-refractivity contribution < 1.29 is 14.3 Å². The van der Waals surface area contributed by atoms with E-state index in [2.05, 4.69) is 31.2 Å². The van der Waals surface area contributed by atoms with Crippen molar-refractivity contribution >= 4 is 5.97 Å². The molecule has 2 atom stereocenters. The largest absolute Gasteiger partial charge is 0.464 e. The van der Waals surface area contributed by atoms with Gasteiger partial charge in [0.05, 0.1) is 13.2 Å². The van der Waals surface area contributed by atoms with Gasteiger partial charge in [0.15, 0.2) is 5.60 Å². The molecule has 2 unspecified atom stereocenters. The second-order valence-electron chi connectivity index (χ2n) is 5.69. The number of rotatable bonds is 8. The molecule has 110 valence electrons. The fourth-order valence-corrected chi connectivity index (χ4v) is 2.57. The van der Waals surface area contributed by atoms with Crippen LogP contribution in [0.4, 0.5) is 0 Å². The molecular formula is C17H24O3. The lowest BCUT2D eigenvalue weighted by atomic mass is 9.93. The predicted octanol–water partition coefficient (Wildman–Crippen LogP) is 3.37. The lowest BCUT2D eigenvalue weighted by Gasteiger charge is -2.14. The van der Waals surface area contributed by atoms with Gasteiger partial charge in [-0.3, -0.25) is 0 Å². The van der Waals surface area contributed by atoms with Gasteiger partial charge < -0.3 is 9.47 Å². The first-order chi connectivity index (χ1) is 9.66. The Kier molecular flexibility index (Phi) is 5.18. The van der Waals surface area contributed by atoms with Gasteiger partial charge in [0, 0.05) is 0 Å². The molecule has 3 heteroatoms. The fourth-order valence-electron chi connectivity index (χ4n) is 2.57. The smallest absolute Gasteiger partial charge is 0.340 e. The molecule has 1 saturated heterocycles. The first-order valence-corrected chi connectivity index (χ1v) is 7.51. The van der Waals surface area contributed by atoms with E-state index >= 15 is 0 Å². The first-order valence-electron chi connectivity index (χ1n) is 7.51. The maximum absolute atomic E-state index is 11.7. The Morgan fingerprint density at radius 3 is 2.70 bits per heavy atom. The summed E-state index contributed by atoms with van der Waals surface area (Å²) in [5, 5.41) is 0. The topological polar surface area (TPSA) is 38.8 Å². The fraction of sp³-hybridized carbons (Fsp3) is 0.588. The average molecular weight is 276 g/mol. The van der Waals surface area contributed by atoms with Crippen LogP contribution in [0.1, 0.15) is 38.7 Å². The van der Waals surface area contributed by atoms with Gasteiger partial charge in [-0.2, -0.15) is 0 Å². The third-order valence-electron chi connectivity index (χ3n) is 3.84. The van der Waals surface area contributed by atoms with Gasteiger partial charge in [0.2, 0.25) is 0 Å². The van der Waals surface area contributed by atoms with Gasteiger partial charge in [-0.15, -0.1) is 0 Å². The Labute approximate surface area is 121 Å². The summed E-state index contributed by atoms with van der Waals surface area (Å²) in [6.07, 6.45) is 3.99. The highest BCUT2D eigenvalue weighted by Crippen LogP contribution is 2.34. The number of hydrogen-bond donors (Lipinski definition) is 0. The van der Waals surface area contributed by atoms with Crippen molar-refractivity contribution in [1.29, 1.82) is 0 Å². The van der Waals surface area contributed by atoms with Crippen LogP contribution in [0.3, 0.4) is 0 Å². The van der Waals surface area contributed by atoms with E-state index in [1.807, 2.05) is 13.0 Å². The SMILES string of the molecule is CCOC(=O)C1(CCCC(C)Cc2ccccc2)CO1. The van der Waals surface area contributed by atoms with Crippen LogP contribution in [-0.4, -0.2) is 24.8 Å². The van der Waals surface area contributed by atoms with Crippen molar-refractivity contribution in [2.45, 2.75) is 45.1 Å². The number of esters is 1. The minimum atomic E-state index is -0.609. The standard InChI is InChI=1S/C17H24O3/c1-3-19-16(18)17(13-20-17)11-7-8-14(2)12-15-9-5-4-6-10-15/h4-6,9-10,14H,3,7-8,11-13H2,1-2H3. The average Bonchev–Trinajstić information content (AvgIpc) is 3.21. The molecule has 1 aliphatic heterocycles. The van der Waals surface area contributed by atoms with E-state index in [9.17, 15) is 4.79 Å². The molecule has 20 heavy (non-hydrogen) atoms. The third-order valence-corrected chi connectivity index (χ3v) is 3.84. The van der Waals surface area contributed by atoms with Crippen molar-refractivity contribution in [2.24, 2.45) is 5.92 Å². The molecule has 1 heterocycles. The van der Waals surface area contributed by atoms with E-state index in [1.54, 1.807) is 0 Å². The minimum Gasteiger partial charge on any atom is -0.464 e. The molecule has 0 aromatic heterocycles. The maximum atomic E-state index is 11.7. The zero-order valence-electron chi connectivity index (χ0n) is 12.4. The summed E-state index contributed by atoms with van der Waals surface area (Å²) in [4.78, 5) is 11.7. The Morgan fingerprint density at radius 2 is 2.10 bits per heavy atom. The van der Waals surface area contributed by atoms with Crippen molar-refractivity contribution in [3.8, 4) is 0 Å². The number of benzene rings is 1. The Balaban J connectivity index is 1.69. The van der Waals surface area contributed by atoms with Crippen LogP contribution < -0.4 is 0 Å². The highest BCUT2D eigenvalue weighted by atomic mass is 16.6. The van der Waals surface area contributed by atoms with Crippen LogP contribution in [0.5, 0.6) is 0 Å². The minimum absolute atomic E-state index is 0.185. The summed E-state index contributed by atoms with van der Waals surface area (Å²) in [6.45, 7) is 5.04. The molecule has 2 rings (SSSR count). The van der Waals surface area contributed by atoms with Gasteiger partial charge in [0.25, 0.3) is 0 Å². The summed E-state index contributed by atoms with van der Waals surface area (Å²) >= 11 is 0. The van der Waals surface area contributed by atoms with Gasteiger partial charge in [-0.1, -0.05) is 43.7 Å². The van der Waals surface area contributed by atoms with Crippen molar-refractivity contribution in [3.63, 3.8) is 0 Å². The number of ether oxygens (including phenoxy) is 2. The highest BCUT2D eigenvalue weighted by molar-refractivity contribution is 5.82. The highest BCUT2D eigenvalue weighted by Gasteiger charge is 2.52. The van der Waals surface area contributed by atoms with E-state index in [0.717, 1.165) is 25.7 Å². The van der Waals surface area contributed by atoms with E-state index in [-0.39, 0.29) is 5.97 Å². The zero-order chi connectivity index (χ0) is 14.4. The van der Waals surface area contributed by atoms with Gasteiger partial charge in [-0.05, 0) is 37.7 Å². The van der Waals surface area contributed by atoms with Crippen molar-refractivity contribution in [1.82, 2.24) is 0 Å². The Morgan fingerprint density at radius 1 is 1.40 bits per heavy atom. The van der Waals surface area contributed by atoms with Crippen LogP contribution >= 0.6 is 0 Å². The van der Waals surface area contributed by atoms with Gasteiger partial charge in [-0.25, -0.2) is 4.79 Å². The zero-order valence-corrected chi connectivity index (χ0v) is 12.4. The number of hydrogen-bond acceptors (Lipinski definition) is 3. The molecule has 0 radical (unpaired) electrons. The van der Waals surface area contributed by atoms with E-state index in [4.69, 9.17) is 9.47 Å². The summed E-state index contributed by atoms with van der Waals surface area (Å²) in [7, 11) is 0. The van der Waals surface area contributed by atoms with E-state index in [1.165, 1.54) is 5.56 Å². The van der Waals surface area contributed by atoms with Crippen LogP contribution in [-0.2, 0) is 20.7 Å². The molecule has 0 bridgehead atoms. The lowest BCUT2D eigenvalue weighted by molar-refractivity contribution is -0.149. The molecular weight excluding hydrogens is 252 g/mol. The molecule has 3 nitrogen and oxygen atoms in total. The molecule has 1 aromatic rings. The quantitative estimate of drug-likeness (QED) is 0.540. The predicted molar refractivity (Wildman–Crippen MR) is 78.5 cm³/mol. The molecule has 0 saturated carbocycles. The summed E-state index contributed by atoms with van der Waals surface area (Å²) < 4.78 is 10.4. The monoisotopic (exact) mass is 276 g/mol. The van der Waals surface area contributed by atoms with Crippen LogP contribution in [0, 0.1) is 5.92 Å². The Hall–Kier alpha value is -1.35. The molecule has 1 aliphatic rings. The maximum Gasteiger partial charge on any atom is 0.340 e. The molecule has 0 N–H and O–H groups in total. The van der Waals surface area contributed by atoms with Crippen molar-refractivity contribution in [2.75, 3.05) is 13.2 Å². The molecule has 1 aromatic carbocycles. The third kappa shape index (κ3) is 4.07. The lowest BCUT2D eigenvalue weighted by Crippen LogP contribution is -2.27. The number of carbonyl (C=O) groups excluding carboxylic acids is 1. The molecule has 0 amide bonds. The summed E-state index contributed by atoms with van der Waals surface area (Å²) in [5.41, 5.74) is 0.769. The van der Waals surface area contributed by atoms with E-state index < -0.39 is 5.60 Å². The summed E-state index contributed by atoms with van der Waals surface area (Å²) in [5.74, 6) is 0.436. The first kappa shape index (κ1) is 15.0. The molecule has 0 aliphatic carbocycles. The van der Waals surface area contributed by atoms with E-state index in [0.29, 0.717) is 19.1 Å². The van der Waals surface area contributed by atoms with Crippen molar-refractivity contribution in [3.05, 3.63) is 35.9 Å². The van der Waals surface area contributed by atoms with Crippen LogP contribution in [0.2, 0.25) is 0 Å². The molecule has 1 fully saturated rings.